The van der Waals surface area contributed by atoms with Crippen molar-refractivity contribution in [2.45, 2.75) is 12.8 Å². The van der Waals surface area contributed by atoms with Crippen LogP contribution in [0.15, 0.2) is 24.0 Å². The van der Waals surface area contributed by atoms with Gasteiger partial charge in [0.15, 0.2) is 0 Å². The first-order chi connectivity index (χ1) is 7.53. The van der Waals surface area contributed by atoms with Crippen molar-refractivity contribution in [3.8, 4) is 0 Å². The lowest BCUT2D eigenvalue weighted by Gasteiger charge is -2.06. The quantitative estimate of drug-likeness (QED) is 0.420. The number of carbonyl (C=O) groups is 1. The van der Waals surface area contributed by atoms with Crippen LogP contribution in [0.2, 0.25) is 0 Å². The van der Waals surface area contributed by atoms with E-state index in [0.717, 1.165) is 15.6 Å². The number of rotatable bonds is 6. The van der Waals surface area contributed by atoms with Gasteiger partial charge in [-0.15, -0.1) is 6.58 Å². The second kappa shape index (κ2) is 11.6. The first-order valence-electron chi connectivity index (χ1n) is 4.68. The Balaban J connectivity index is 0. The zero-order valence-electron chi connectivity index (χ0n) is 10.3. The molecule has 0 amide bonds. The van der Waals surface area contributed by atoms with Gasteiger partial charge in [0.1, 0.15) is 5.38 Å². The van der Waals surface area contributed by atoms with E-state index < -0.39 is 5.97 Å². The normalized spacial score (nSPS) is 8.19. The van der Waals surface area contributed by atoms with Gasteiger partial charge in [-0.05, 0) is 6.42 Å². The van der Waals surface area contributed by atoms with Crippen LogP contribution in [0.25, 0.3) is 0 Å². The highest BCUT2D eigenvalue weighted by molar-refractivity contribution is 6.20. The summed E-state index contributed by atoms with van der Waals surface area (Å²) in [6.45, 7) is 3.37. The Morgan fingerprint density at radius 3 is 1.94 bits per heavy atom. The summed E-state index contributed by atoms with van der Waals surface area (Å²) in [5, 5.41) is 8.77. The van der Waals surface area contributed by atoms with Crippen molar-refractivity contribution in [2.75, 3.05) is 21.3 Å². The van der Waals surface area contributed by atoms with Crippen LogP contribution in [0.3, 0.4) is 0 Å². The van der Waals surface area contributed by atoms with Gasteiger partial charge in [0.05, 0.1) is 31.6 Å². The predicted molar refractivity (Wildman–Crippen MR) is 65.1 cm³/mol. The summed E-state index contributed by atoms with van der Waals surface area (Å²) in [4.78, 5) is 9.71. The lowest BCUT2D eigenvalue weighted by molar-refractivity contribution is -0.136. The first-order valence-corrected chi connectivity index (χ1v) is 5.68. The van der Waals surface area contributed by atoms with Crippen LogP contribution < -0.4 is 0 Å². The van der Waals surface area contributed by atoms with Crippen molar-refractivity contribution in [3.63, 3.8) is 0 Å². The van der Waals surface area contributed by atoms with Crippen LogP contribution in [-0.4, -0.2) is 42.6 Å². The summed E-state index contributed by atoms with van der Waals surface area (Å²) in [5.41, 5.74) is 0. The van der Waals surface area contributed by atoms with Crippen LogP contribution in [0.4, 0.5) is 0 Å². The van der Waals surface area contributed by atoms with Crippen molar-refractivity contribution in [3.05, 3.63) is 24.0 Å². The summed E-state index contributed by atoms with van der Waals surface area (Å²) in [6.07, 6.45) is 2.35. The van der Waals surface area contributed by atoms with Crippen LogP contribution in [-0.2, 0) is 19.0 Å². The Labute approximate surface area is 99.1 Å². The second-order valence-corrected chi connectivity index (χ2v) is 3.59. The monoisotopic (exact) mass is 248 g/mol. The highest BCUT2D eigenvalue weighted by Crippen LogP contribution is 2.01. The Hall–Kier alpha value is -1.43. The number of carboxylic acid groups (broad SMARTS) is 1. The van der Waals surface area contributed by atoms with E-state index in [2.05, 4.69) is 6.58 Å². The molecule has 16 heavy (non-hydrogen) atoms. The SMILES string of the molecule is C=CCCC(=O)O.COC([SiH3])=C(OC)OC. The topological polar surface area (TPSA) is 65.0 Å². The molecule has 0 bridgehead atoms. The summed E-state index contributed by atoms with van der Waals surface area (Å²) in [7, 11) is 5.50. The second-order valence-electron chi connectivity index (χ2n) is 2.68. The number of hydrogen-bond acceptors (Lipinski definition) is 4. The minimum atomic E-state index is -0.764. The molecule has 0 aromatic carbocycles. The van der Waals surface area contributed by atoms with E-state index >= 15 is 0 Å². The van der Waals surface area contributed by atoms with Gasteiger partial charge in [-0.3, -0.25) is 4.79 Å². The molecule has 0 aliphatic carbocycles. The lowest BCUT2D eigenvalue weighted by Crippen LogP contribution is -1.98. The maximum Gasteiger partial charge on any atom is 0.311 e. The number of hydrogen-bond donors (Lipinski definition) is 1. The summed E-state index contributed by atoms with van der Waals surface area (Å²) >= 11 is 0. The first kappa shape index (κ1) is 17.0. The highest BCUT2D eigenvalue weighted by atomic mass is 28.1. The maximum atomic E-state index is 9.71. The standard InChI is InChI=1S/C5H12O3Si.C5H8O2/c1-6-4(7-2)5(9)8-3;1-2-3-4-5(6)7/h1-3,9H3;2H,1,3-4H2,(H,6,7). The van der Waals surface area contributed by atoms with E-state index in [4.69, 9.17) is 19.3 Å². The van der Waals surface area contributed by atoms with E-state index in [0.29, 0.717) is 12.4 Å². The smallest absolute Gasteiger partial charge is 0.311 e. The van der Waals surface area contributed by atoms with E-state index in [1.54, 1.807) is 27.4 Å². The van der Waals surface area contributed by atoms with Crippen molar-refractivity contribution in [1.82, 2.24) is 0 Å². The fraction of sp³-hybridized carbons (Fsp3) is 0.500. The molecule has 0 fully saturated rings. The Kier molecular flexibility index (Phi) is 12.4. The lowest BCUT2D eigenvalue weighted by atomic mass is 10.3. The average Bonchev–Trinajstić information content (AvgIpc) is 2.28. The molecule has 0 radical (unpaired) electrons. The highest BCUT2D eigenvalue weighted by Gasteiger charge is 1.98. The minimum Gasteiger partial charge on any atom is -0.500 e. The fourth-order valence-electron chi connectivity index (χ4n) is 0.680. The van der Waals surface area contributed by atoms with Gasteiger partial charge in [-0.1, -0.05) is 6.08 Å². The number of allylic oxidation sites excluding steroid dienone is 1. The van der Waals surface area contributed by atoms with Crippen molar-refractivity contribution < 1.29 is 24.1 Å². The Bertz CT molecular complexity index is 231. The number of methoxy groups -OCH3 is 3. The molecule has 1 N–H and O–H groups in total. The van der Waals surface area contributed by atoms with Gasteiger partial charge in [-0.25, -0.2) is 0 Å². The molecular weight excluding hydrogens is 228 g/mol. The summed E-state index contributed by atoms with van der Waals surface area (Å²) in [5.74, 6) is -0.288. The largest absolute Gasteiger partial charge is 0.500 e. The van der Waals surface area contributed by atoms with E-state index in [-0.39, 0.29) is 6.42 Å². The van der Waals surface area contributed by atoms with Crippen LogP contribution in [0, 0.1) is 0 Å². The molecule has 0 spiro atoms. The number of carboxylic acids is 1. The van der Waals surface area contributed by atoms with Crippen LogP contribution in [0.1, 0.15) is 12.8 Å². The molecule has 0 atom stereocenters. The molecule has 0 aliphatic heterocycles. The fourth-order valence-corrected chi connectivity index (χ4v) is 1.09. The van der Waals surface area contributed by atoms with E-state index in [1.165, 1.54) is 0 Å². The van der Waals surface area contributed by atoms with Gasteiger partial charge in [0.2, 0.25) is 0 Å². The maximum absolute atomic E-state index is 9.71. The Morgan fingerprint density at radius 1 is 1.31 bits per heavy atom. The zero-order chi connectivity index (χ0) is 13.0. The molecule has 5 nitrogen and oxygen atoms in total. The molecule has 0 saturated heterocycles. The molecule has 94 valence electrons. The molecule has 0 heterocycles. The van der Waals surface area contributed by atoms with E-state index in [1.807, 2.05) is 0 Å². The third-order valence-electron chi connectivity index (χ3n) is 1.53. The third-order valence-corrected chi connectivity index (χ3v) is 2.34. The number of aliphatic carboxylic acids is 1. The van der Waals surface area contributed by atoms with Gasteiger partial charge in [0.25, 0.3) is 0 Å². The molecule has 0 aromatic heterocycles. The predicted octanol–water partition coefficient (Wildman–Crippen LogP) is 0.455. The van der Waals surface area contributed by atoms with E-state index in [9.17, 15) is 4.79 Å². The molecule has 0 rings (SSSR count). The molecule has 0 aromatic rings. The minimum absolute atomic E-state index is 0.198. The van der Waals surface area contributed by atoms with Crippen molar-refractivity contribution in [2.24, 2.45) is 0 Å². The molecule has 0 aliphatic rings. The van der Waals surface area contributed by atoms with Crippen molar-refractivity contribution in [1.29, 1.82) is 0 Å². The average molecular weight is 248 g/mol. The zero-order valence-corrected chi connectivity index (χ0v) is 12.3. The summed E-state index contributed by atoms with van der Waals surface area (Å²) in [6, 6.07) is 0. The molecule has 0 saturated carbocycles. The molecule has 0 unspecified atom stereocenters. The van der Waals surface area contributed by atoms with Crippen LogP contribution in [0.5, 0.6) is 0 Å². The van der Waals surface area contributed by atoms with Crippen molar-refractivity contribution >= 4 is 16.2 Å². The number of ether oxygens (including phenoxy) is 3. The van der Waals surface area contributed by atoms with Gasteiger partial charge in [-0.2, -0.15) is 0 Å². The Morgan fingerprint density at radius 2 is 1.81 bits per heavy atom. The van der Waals surface area contributed by atoms with Gasteiger partial charge < -0.3 is 19.3 Å². The molecule has 6 heteroatoms. The van der Waals surface area contributed by atoms with Gasteiger partial charge >= 0.3 is 11.9 Å². The third kappa shape index (κ3) is 10.6. The van der Waals surface area contributed by atoms with Gasteiger partial charge in [0, 0.05) is 6.42 Å². The summed E-state index contributed by atoms with van der Waals surface area (Å²) < 4.78 is 14.5. The molecular formula is C10H20O5Si. The van der Waals surface area contributed by atoms with Crippen LogP contribution >= 0.6 is 0 Å².